The standard InChI is InChI=1S/C20H20N4O5S/c25-19(13-17-16-5-1-2-6-18(16)29-23-17)21-22-20(26)14-7-9-15(10-8-14)30(27,28)24-11-3-4-12-24/h1-2,5-10H,3-4,11-13H2,(H,21,25)(H,22,26). The predicted molar refractivity (Wildman–Crippen MR) is 108 cm³/mol. The second kappa shape index (κ2) is 8.25. The molecule has 156 valence electrons. The van der Waals surface area contributed by atoms with Gasteiger partial charge in [-0.1, -0.05) is 17.3 Å². The minimum absolute atomic E-state index is 0.0652. The molecule has 4 rings (SSSR count). The van der Waals surface area contributed by atoms with Crippen LogP contribution in [0.4, 0.5) is 0 Å². The summed E-state index contributed by atoms with van der Waals surface area (Å²) in [5.41, 5.74) is 5.91. The SMILES string of the molecule is O=C(Cc1noc2ccccc12)NNC(=O)c1ccc(S(=O)(=O)N2CCCC2)cc1. The Morgan fingerprint density at radius 1 is 1.00 bits per heavy atom. The zero-order chi connectivity index (χ0) is 21.1. The van der Waals surface area contributed by atoms with E-state index in [4.69, 9.17) is 4.52 Å². The predicted octanol–water partition coefficient (Wildman–Crippen LogP) is 1.62. The quantitative estimate of drug-likeness (QED) is 0.596. The van der Waals surface area contributed by atoms with E-state index in [1.54, 1.807) is 18.2 Å². The number of rotatable bonds is 5. The molecule has 2 N–H and O–H groups in total. The van der Waals surface area contributed by atoms with E-state index < -0.39 is 21.8 Å². The lowest BCUT2D eigenvalue weighted by Gasteiger charge is -2.15. The van der Waals surface area contributed by atoms with Crippen LogP contribution in [0.2, 0.25) is 0 Å². The highest BCUT2D eigenvalue weighted by Gasteiger charge is 2.27. The van der Waals surface area contributed by atoms with E-state index in [0.717, 1.165) is 18.2 Å². The van der Waals surface area contributed by atoms with Gasteiger partial charge in [-0.05, 0) is 49.2 Å². The molecule has 1 aromatic heterocycles. The number of benzene rings is 2. The largest absolute Gasteiger partial charge is 0.356 e. The molecule has 0 spiro atoms. The maximum atomic E-state index is 12.5. The number of aromatic nitrogens is 1. The minimum Gasteiger partial charge on any atom is -0.356 e. The molecule has 2 amide bonds. The molecule has 0 bridgehead atoms. The van der Waals surface area contributed by atoms with Crippen LogP contribution in [0.1, 0.15) is 28.9 Å². The Labute approximate surface area is 173 Å². The molecule has 2 aromatic carbocycles. The van der Waals surface area contributed by atoms with Crippen molar-refractivity contribution in [2.45, 2.75) is 24.2 Å². The van der Waals surface area contributed by atoms with E-state index in [2.05, 4.69) is 16.0 Å². The fourth-order valence-corrected chi connectivity index (χ4v) is 4.83. The van der Waals surface area contributed by atoms with Crippen LogP contribution in [0.25, 0.3) is 11.0 Å². The number of nitrogens with one attached hydrogen (secondary N) is 2. The minimum atomic E-state index is -3.54. The molecule has 9 nitrogen and oxygen atoms in total. The van der Waals surface area contributed by atoms with Crippen LogP contribution in [-0.4, -0.2) is 42.8 Å². The number of para-hydroxylation sites is 1. The van der Waals surface area contributed by atoms with Gasteiger partial charge in [-0.2, -0.15) is 4.31 Å². The summed E-state index contributed by atoms with van der Waals surface area (Å²) in [4.78, 5) is 24.5. The summed E-state index contributed by atoms with van der Waals surface area (Å²) < 4.78 is 31.7. The molecular weight excluding hydrogens is 408 g/mol. The lowest BCUT2D eigenvalue weighted by molar-refractivity contribution is -0.121. The lowest BCUT2D eigenvalue weighted by Crippen LogP contribution is -2.42. The Hall–Kier alpha value is -3.24. The van der Waals surface area contributed by atoms with Crippen molar-refractivity contribution in [2.75, 3.05) is 13.1 Å². The second-order valence-electron chi connectivity index (χ2n) is 6.94. The van der Waals surface area contributed by atoms with Crippen molar-refractivity contribution in [3.8, 4) is 0 Å². The van der Waals surface area contributed by atoms with Gasteiger partial charge in [-0.15, -0.1) is 0 Å². The second-order valence-corrected chi connectivity index (χ2v) is 8.88. The third-order valence-corrected chi connectivity index (χ3v) is 6.83. The molecule has 10 heteroatoms. The van der Waals surface area contributed by atoms with E-state index in [1.807, 2.05) is 6.07 Å². The average molecular weight is 428 g/mol. The van der Waals surface area contributed by atoms with Crippen LogP contribution < -0.4 is 10.9 Å². The van der Waals surface area contributed by atoms with Crippen LogP contribution in [-0.2, 0) is 21.2 Å². The van der Waals surface area contributed by atoms with E-state index in [0.29, 0.717) is 24.4 Å². The number of hydrazine groups is 1. The van der Waals surface area contributed by atoms with Crippen molar-refractivity contribution in [2.24, 2.45) is 0 Å². The highest BCUT2D eigenvalue weighted by molar-refractivity contribution is 7.89. The smallest absolute Gasteiger partial charge is 0.269 e. The summed E-state index contributed by atoms with van der Waals surface area (Å²) in [5.74, 6) is -1.02. The summed E-state index contributed by atoms with van der Waals surface area (Å²) in [6.45, 7) is 1.02. The number of fused-ring (bicyclic) bond motifs is 1. The third-order valence-electron chi connectivity index (χ3n) is 4.91. The van der Waals surface area contributed by atoms with Crippen molar-refractivity contribution in [3.63, 3.8) is 0 Å². The molecule has 0 saturated carbocycles. The van der Waals surface area contributed by atoms with Crippen LogP contribution in [0.15, 0.2) is 57.9 Å². The van der Waals surface area contributed by atoms with Crippen molar-refractivity contribution < 1.29 is 22.5 Å². The number of carbonyl (C=O) groups is 2. The summed E-state index contributed by atoms with van der Waals surface area (Å²) >= 11 is 0. The Morgan fingerprint density at radius 2 is 1.70 bits per heavy atom. The average Bonchev–Trinajstić information content (AvgIpc) is 3.43. The van der Waals surface area contributed by atoms with Crippen molar-refractivity contribution >= 4 is 32.8 Å². The first kappa shape index (κ1) is 20.0. The van der Waals surface area contributed by atoms with Crippen LogP contribution in [0.5, 0.6) is 0 Å². The first-order valence-corrected chi connectivity index (χ1v) is 10.9. The molecule has 30 heavy (non-hydrogen) atoms. The fraction of sp³-hybridized carbons (Fsp3) is 0.250. The van der Waals surface area contributed by atoms with Crippen LogP contribution in [0.3, 0.4) is 0 Å². The Kier molecular flexibility index (Phi) is 5.51. The summed E-state index contributed by atoms with van der Waals surface area (Å²) in [6, 6.07) is 12.8. The molecular formula is C20H20N4O5S. The molecule has 0 atom stereocenters. The Balaban J connectivity index is 1.35. The van der Waals surface area contributed by atoms with Gasteiger partial charge < -0.3 is 4.52 Å². The first-order chi connectivity index (χ1) is 14.4. The zero-order valence-electron chi connectivity index (χ0n) is 16.0. The number of amides is 2. The number of carbonyl (C=O) groups excluding carboxylic acids is 2. The summed E-state index contributed by atoms with van der Waals surface area (Å²) in [6.07, 6.45) is 1.64. The zero-order valence-corrected chi connectivity index (χ0v) is 16.8. The summed E-state index contributed by atoms with van der Waals surface area (Å²) in [7, 11) is -3.54. The number of hydrogen-bond acceptors (Lipinski definition) is 6. The van der Waals surface area contributed by atoms with Gasteiger partial charge in [-0.3, -0.25) is 20.4 Å². The first-order valence-electron chi connectivity index (χ1n) is 9.48. The van der Waals surface area contributed by atoms with Gasteiger partial charge in [0.05, 0.1) is 11.3 Å². The summed E-state index contributed by atoms with van der Waals surface area (Å²) in [5, 5.41) is 4.61. The van der Waals surface area contributed by atoms with E-state index in [1.165, 1.54) is 28.6 Å². The highest BCUT2D eigenvalue weighted by atomic mass is 32.2. The van der Waals surface area contributed by atoms with Crippen LogP contribution >= 0.6 is 0 Å². The monoisotopic (exact) mass is 428 g/mol. The lowest BCUT2D eigenvalue weighted by atomic mass is 10.2. The van der Waals surface area contributed by atoms with Gasteiger partial charge in [0.2, 0.25) is 15.9 Å². The molecule has 1 aliphatic heterocycles. The Bertz CT molecular complexity index is 1180. The number of sulfonamides is 1. The van der Waals surface area contributed by atoms with Gasteiger partial charge in [0, 0.05) is 24.0 Å². The highest BCUT2D eigenvalue weighted by Crippen LogP contribution is 2.21. The molecule has 0 unspecified atom stereocenters. The molecule has 0 aliphatic carbocycles. The van der Waals surface area contributed by atoms with Gasteiger partial charge in [0.15, 0.2) is 5.58 Å². The molecule has 0 radical (unpaired) electrons. The molecule has 1 fully saturated rings. The third kappa shape index (κ3) is 4.05. The molecule has 1 saturated heterocycles. The topological polar surface area (TPSA) is 122 Å². The Morgan fingerprint density at radius 3 is 2.43 bits per heavy atom. The normalized spacial score (nSPS) is 14.7. The number of hydrogen-bond donors (Lipinski definition) is 2. The van der Waals surface area contributed by atoms with Gasteiger partial charge in [0.25, 0.3) is 5.91 Å². The number of nitrogens with zero attached hydrogens (tertiary/aromatic N) is 2. The maximum Gasteiger partial charge on any atom is 0.269 e. The molecule has 3 aromatic rings. The van der Waals surface area contributed by atoms with Gasteiger partial charge >= 0.3 is 0 Å². The van der Waals surface area contributed by atoms with E-state index >= 15 is 0 Å². The van der Waals surface area contributed by atoms with Crippen LogP contribution in [0, 0.1) is 0 Å². The maximum absolute atomic E-state index is 12.5. The molecule has 1 aliphatic rings. The molecule has 2 heterocycles. The van der Waals surface area contributed by atoms with Crippen molar-refractivity contribution in [3.05, 3.63) is 59.8 Å². The van der Waals surface area contributed by atoms with Crippen molar-refractivity contribution in [1.82, 2.24) is 20.3 Å². The van der Waals surface area contributed by atoms with Crippen molar-refractivity contribution in [1.29, 1.82) is 0 Å². The fourth-order valence-electron chi connectivity index (χ4n) is 3.32. The van der Waals surface area contributed by atoms with Gasteiger partial charge in [-0.25, -0.2) is 8.42 Å². The van der Waals surface area contributed by atoms with E-state index in [-0.39, 0.29) is 16.9 Å². The van der Waals surface area contributed by atoms with E-state index in [9.17, 15) is 18.0 Å². The van der Waals surface area contributed by atoms with Gasteiger partial charge in [0.1, 0.15) is 5.69 Å².